The third-order valence-corrected chi connectivity index (χ3v) is 4.38. The molecule has 6 nitrogen and oxygen atoms in total. The van der Waals surface area contributed by atoms with Crippen molar-refractivity contribution in [2.75, 3.05) is 11.4 Å². The van der Waals surface area contributed by atoms with E-state index in [1.54, 1.807) is 17.0 Å². The molecule has 0 amide bonds. The zero-order chi connectivity index (χ0) is 16.4. The van der Waals surface area contributed by atoms with Gasteiger partial charge in [-0.25, -0.2) is 13.5 Å². The molecule has 1 saturated heterocycles. The lowest BCUT2D eigenvalue weighted by Gasteiger charge is -2.20. The molecule has 0 N–H and O–H groups in total. The first-order chi connectivity index (χ1) is 11.1. The molecule has 1 fully saturated rings. The van der Waals surface area contributed by atoms with Gasteiger partial charge in [-0.1, -0.05) is 5.21 Å². The Labute approximate surface area is 144 Å². The zero-order valence-corrected chi connectivity index (χ0v) is 14.1. The molecule has 23 heavy (non-hydrogen) atoms. The van der Waals surface area contributed by atoms with E-state index in [2.05, 4.69) is 10.3 Å². The number of ether oxygens (including phenoxy) is 1. The third kappa shape index (κ3) is 3.50. The quantitative estimate of drug-likeness (QED) is 0.532. The Morgan fingerprint density at radius 2 is 2.30 bits per heavy atom. The summed E-state index contributed by atoms with van der Waals surface area (Å²) in [6.45, 7) is 0.0471. The molecule has 1 aliphatic heterocycles. The molecule has 2 atom stereocenters. The fourth-order valence-electron chi connectivity index (χ4n) is 2.46. The summed E-state index contributed by atoms with van der Waals surface area (Å²) in [5.41, 5.74) is 0.817. The maximum atomic E-state index is 13.7. The molecule has 2 heterocycles. The molecule has 0 bridgehead atoms. The van der Waals surface area contributed by atoms with E-state index < -0.39 is 12.9 Å². The molecular weight excluding hydrogens is 421 g/mol. The standard InChI is InChI=1S/C14H13F2IN4O2/c15-4-9-5-20(19-18-9)6-11-7-21(14(8-22)23-11)10-1-2-13(17)12(16)3-10/h1-3,5,8,11,14H,4,6-7H2/t11-,14?/m0/s1. The highest BCUT2D eigenvalue weighted by molar-refractivity contribution is 14.1. The number of carbonyl (C=O) groups excluding carboxylic acids is 1. The molecule has 3 rings (SSSR count). The first-order valence-electron chi connectivity index (χ1n) is 6.88. The zero-order valence-electron chi connectivity index (χ0n) is 11.9. The van der Waals surface area contributed by atoms with Gasteiger partial charge >= 0.3 is 0 Å². The summed E-state index contributed by atoms with van der Waals surface area (Å²) in [5, 5.41) is 7.47. The van der Waals surface area contributed by atoms with Crippen molar-refractivity contribution < 1.29 is 18.3 Å². The van der Waals surface area contributed by atoms with Crippen LogP contribution in [0.15, 0.2) is 24.4 Å². The van der Waals surface area contributed by atoms with Crippen LogP contribution in [0.25, 0.3) is 0 Å². The lowest BCUT2D eigenvalue weighted by atomic mass is 10.2. The van der Waals surface area contributed by atoms with E-state index in [1.165, 1.54) is 16.9 Å². The number of halogens is 3. The van der Waals surface area contributed by atoms with E-state index in [1.807, 2.05) is 22.6 Å². The van der Waals surface area contributed by atoms with E-state index in [0.717, 1.165) is 0 Å². The van der Waals surface area contributed by atoms with Gasteiger partial charge in [0.25, 0.3) is 0 Å². The highest BCUT2D eigenvalue weighted by atomic mass is 127. The number of alkyl halides is 1. The van der Waals surface area contributed by atoms with Gasteiger partial charge in [0.2, 0.25) is 0 Å². The van der Waals surface area contributed by atoms with Crippen molar-refractivity contribution >= 4 is 34.6 Å². The highest BCUT2D eigenvalue weighted by Crippen LogP contribution is 2.26. The predicted octanol–water partition coefficient (Wildman–Crippen LogP) is 1.92. The lowest BCUT2D eigenvalue weighted by molar-refractivity contribution is -0.117. The fraction of sp³-hybridized carbons (Fsp3) is 0.357. The first kappa shape index (κ1) is 16.2. The van der Waals surface area contributed by atoms with Crippen molar-refractivity contribution in [3.63, 3.8) is 0 Å². The predicted molar refractivity (Wildman–Crippen MR) is 86.0 cm³/mol. The van der Waals surface area contributed by atoms with E-state index >= 15 is 0 Å². The average molecular weight is 434 g/mol. The van der Waals surface area contributed by atoms with Crippen LogP contribution in [0.5, 0.6) is 0 Å². The molecule has 1 aromatic carbocycles. The minimum absolute atomic E-state index is 0.242. The molecule has 0 spiro atoms. The molecular formula is C14H13F2IN4O2. The number of carbonyl (C=O) groups is 1. The Hall–Kier alpha value is -1.62. The smallest absolute Gasteiger partial charge is 0.187 e. The van der Waals surface area contributed by atoms with Gasteiger partial charge in [0.05, 0.1) is 18.8 Å². The van der Waals surface area contributed by atoms with E-state index in [-0.39, 0.29) is 17.6 Å². The summed E-state index contributed by atoms with van der Waals surface area (Å²) < 4.78 is 33.8. The molecule has 9 heteroatoms. The fourth-order valence-corrected chi connectivity index (χ4v) is 2.79. The van der Waals surface area contributed by atoms with Gasteiger partial charge in [0.15, 0.2) is 12.5 Å². The number of hydrogen-bond acceptors (Lipinski definition) is 5. The first-order valence-corrected chi connectivity index (χ1v) is 7.96. The van der Waals surface area contributed by atoms with Crippen LogP contribution in [-0.2, 0) is 22.8 Å². The molecule has 1 aromatic heterocycles. The number of aldehydes is 1. The van der Waals surface area contributed by atoms with Crippen LogP contribution in [0.1, 0.15) is 5.69 Å². The van der Waals surface area contributed by atoms with Crippen molar-refractivity contribution in [1.29, 1.82) is 0 Å². The maximum Gasteiger partial charge on any atom is 0.187 e. The van der Waals surface area contributed by atoms with Gasteiger partial charge < -0.3 is 9.64 Å². The van der Waals surface area contributed by atoms with Crippen LogP contribution in [0, 0.1) is 9.39 Å². The number of aromatic nitrogens is 3. The number of benzene rings is 1. The van der Waals surface area contributed by atoms with Gasteiger partial charge in [0, 0.05) is 15.8 Å². The summed E-state index contributed by atoms with van der Waals surface area (Å²) in [5.74, 6) is -0.347. The summed E-state index contributed by atoms with van der Waals surface area (Å²) in [6.07, 6.45) is 1.04. The second-order valence-electron chi connectivity index (χ2n) is 5.10. The second kappa shape index (κ2) is 6.87. The minimum Gasteiger partial charge on any atom is -0.344 e. The number of nitrogens with zero attached hydrogens (tertiary/aromatic N) is 4. The average Bonchev–Trinajstić information content (AvgIpc) is 3.17. The lowest BCUT2D eigenvalue weighted by Crippen LogP contribution is -2.31. The third-order valence-electron chi connectivity index (χ3n) is 3.50. The molecule has 122 valence electrons. The SMILES string of the molecule is O=CC1O[C@@H](Cn2cc(CF)nn2)CN1c1ccc(I)c(F)c1. The molecule has 1 unspecified atom stereocenters. The van der Waals surface area contributed by atoms with E-state index in [4.69, 9.17) is 4.74 Å². The topological polar surface area (TPSA) is 60.3 Å². The Balaban J connectivity index is 1.74. The Morgan fingerprint density at radius 1 is 1.48 bits per heavy atom. The molecule has 0 aliphatic carbocycles. The monoisotopic (exact) mass is 434 g/mol. The Bertz CT molecular complexity index is 712. The van der Waals surface area contributed by atoms with Gasteiger partial charge in [0.1, 0.15) is 18.2 Å². The highest BCUT2D eigenvalue weighted by Gasteiger charge is 2.33. The minimum atomic E-state index is -0.788. The van der Waals surface area contributed by atoms with E-state index in [9.17, 15) is 13.6 Å². The van der Waals surface area contributed by atoms with Gasteiger partial charge in [-0.05, 0) is 40.8 Å². The largest absolute Gasteiger partial charge is 0.344 e. The van der Waals surface area contributed by atoms with Crippen LogP contribution in [0.2, 0.25) is 0 Å². The van der Waals surface area contributed by atoms with E-state index in [0.29, 0.717) is 28.6 Å². The van der Waals surface area contributed by atoms with Crippen molar-refractivity contribution in [3.05, 3.63) is 39.5 Å². The van der Waals surface area contributed by atoms with Crippen LogP contribution in [0.3, 0.4) is 0 Å². The number of rotatable bonds is 5. The second-order valence-corrected chi connectivity index (χ2v) is 6.26. The van der Waals surface area contributed by atoms with Crippen LogP contribution in [-0.4, -0.2) is 40.2 Å². The van der Waals surface area contributed by atoms with Gasteiger partial charge in [-0.3, -0.25) is 4.79 Å². The molecule has 0 radical (unpaired) electrons. The normalized spacial score (nSPS) is 20.9. The van der Waals surface area contributed by atoms with Crippen molar-refractivity contribution in [3.8, 4) is 0 Å². The van der Waals surface area contributed by atoms with Crippen LogP contribution in [0.4, 0.5) is 14.5 Å². The van der Waals surface area contributed by atoms with Crippen LogP contribution >= 0.6 is 22.6 Å². The Kier molecular flexibility index (Phi) is 4.85. The van der Waals surface area contributed by atoms with Crippen LogP contribution < -0.4 is 4.90 Å². The summed E-state index contributed by atoms with van der Waals surface area (Å²) in [4.78, 5) is 12.9. The maximum absolute atomic E-state index is 13.7. The van der Waals surface area contributed by atoms with Gasteiger partial charge in [-0.2, -0.15) is 0 Å². The summed E-state index contributed by atoms with van der Waals surface area (Å²) in [6, 6.07) is 4.76. The molecule has 2 aromatic rings. The van der Waals surface area contributed by atoms with Crippen molar-refractivity contribution in [2.45, 2.75) is 25.6 Å². The summed E-state index contributed by atoms with van der Waals surface area (Å²) >= 11 is 1.90. The Morgan fingerprint density at radius 3 is 2.96 bits per heavy atom. The van der Waals surface area contributed by atoms with Crippen molar-refractivity contribution in [1.82, 2.24) is 15.0 Å². The number of anilines is 1. The molecule has 0 saturated carbocycles. The number of hydrogen-bond donors (Lipinski definition) is 0. The molecule has 1 aliphatic rings. The van der Waals surface area contributed by atoms with Gasteiger partial charge in [-0.15, -0.1) is 5.10 Å². The summed E-state index contributed by atoms with van der Waals surface area (Å²) in [7, 11) is 0. The van der Waals surface area contributed by atoms with Crippen molar-refractivity contribution in [2.24, 2.45) is 0 Å².